The van der Waals surface area contributed by atoms with Gasteiger partial charge in [0.05, 0.1) is 11.3 Å². The van der Waals surface area contributed by atoms with Crippen LogP contribution in [0.15, 0.2) is 12.1 Å². The fourth-order valence-corrected chi connectivity index (χ4v) is 2.45. The molecule has 0 aromatic heterocycles. The summed E-state index contributed by atoms with van der Waals surface area (Å²) in [5.74, 6) is 2.82. The molecule has 1 aliphatic heterocycles. The summed E-state index contributed by atoms with van der Waals surface area (Å²) in [6.45, 7) is 1.96. The van der Waals surface area contributed by atoms with Gasteiger partial charge in [-0.2, -0.15) is 0 Å². The smallest absolute Gasteiger partial charge is 0.299 e. The molecular formula is C14H16FN3O3. The summed E-state index contributed by atoms with van der Waals surface area (Å²) in [5, 5.41) is 0. The Hall–Kier alpha value is -2.28. The van der Waals surface area contributed by atoms with Crippen molar-refractivity contribution in [2.75, 3.05) is 11.4 Å². The fraction of sp³-hybridized carbons (Fsp3) is 0.357. The number of anilines is 1. The Labute approximate surface area is 121 Å². The summed E-state index contributed by atoms with van der Waals surface area (Å²) in [5.41, 5.74) is 3.15. The number of nitrogens with one attached hydrogen (secondary N) is 1. The zero-order valence-corrected chi connectivity index (χ0v) is 11.6. The highest BCUT2D eigenvalue weighted by Crippen LogP contribution is 2.33. The van der Waals surface area contributed by atoms with E-state index in [4.69, 9.17) is 5.84 Å². The Morgan fingerprint density at radius 1 is 1.33 bits per heavy atom. The number of unbranched alkanes of at least 4 members (excludes halogenated alkanes) is 1. The molecule has 1 aromatic carbocycles. The number of nitrogens with two attached hydrogens (primary N) is 1. The number of hydrogen-bond donors (Lipinski definition) is 2. The summed E-state index contributed by atoms with van der Waals surface area (Å²) in [7, 11) is 0. The molecule has 0 saturated carbocycles. The van der Waals surface area contributed by atoms with E-state index in [1.165, 1.54) is 11.0 Å². The maximum atomic E-state index is 13.3. The average molecular weight is 293 g/mol. The number of amides is 2. The lowest BCUT2D eigenvalue weighted by molar-refractivity contribution is -0.121. The van der Waals surface area contributed by atoms with E-state index in [2.05, 4.69) is 0 Å². The number of carbonyl (C=O) groups excluding carboxylic acids is 3. The molecule has 1 aliphatic rings. The highest BCUT2D eigenvalue weighted by Gasteiger charge is 2.36. The Balaban J connectivity index is 2.10. The molecule has 0 atom stereocenters. The second kappa shape index (κ2) is 6.01. The summed E-state index contributed by atoms with van der Waals surface area (Å²) in [4.78, 5) is 36.2. The molecule has 112 valence electrons. The van der Waals surface area contributed by atoms with Crippen LogP contribution < -0.4 is 16.2 Å². The van der Waals surface area contributed by atoms with Crippen LogP contribution in [0.4, 0.5) is 10.1 Å². The molecule has 1 aromatic rings. The van der Waals surface area contributed by atoms with Gasteiger partial charge in [-0.25, -0.2) is 10.2 Å². The van der Waals surface area contributed by atoms with Crippen molar-refractivity contribution in [2.45, 2.75) is 26.2 Å². The molecular weight excluding hydrogens is 277 g/mol. The molecule has 6 nitrogen and oxygen atoms in total. The van der Waals surface area contributed by atoms with Gasteiger partial charge in [0.2, 0.25) is 5.91 Å². The number of hydrogen-bond acceptors (Lipinski definition) is 4. The van der Waals surface area contributed by atoms with Crippen molar-refractivity contribution in [1.29, 1.82) is 0 Å². The van der Waals surface area contributed by atoms with Gasteiger partial charge in [-0.1, -0.05) is 0 Å². The van der Waals surface area contributed by atoms with E-state index in [0.29, 0.717) is 30.6 Å². The predicted octanol–water partition coefficient (Wildman–Crippen LogP) is 0.824. The first-order valence-electron chi connectivity index (χ1n) is 6.61. The van der Waals surface area contributed by atoms with Gasteiger partial charge in [0.25, 0.3) is 11.7 Å². The van der Waals surface area contributed by atoms with Gasteiger partial charge in [-0.05, 0) is 37.5 Å². The number of Topliss-reactive ketones (excluding diaryl/α,β-unsaturated/α-hetero) is 1. The molecule has 0 unspecified atom stereocenters. The van der Waals surface area contributed by atoms with E-state index in [1.807, 2.05) is 5.43 Å². The Morgan fingerprint density at radius 2 is 2.05 bits per heavy atom. The molecule has 21 heavy (non-hydrogen) atoms. The van der Waals surface area contributed by atoms with Crippen molar-refractivity contribution < 1.29 is 18.8 Å². The monoisotopic (exact) mass is 293 g/mol. The Morgan fingerprint density at radius 3 is 2.71 bits per heavy atom. The van der Waals surface area contributed by atoms with E-state index >= 15 is 0 Å². The highest BCUT2D eigenvalue weighted by molar-refractivity contribution is 6.52. The van der Waals surface area contributed by atoms with Crippen LogP contribution in [0.1, 0.15) is 35.2 Å². The molecule has 0 radical (unpaired) electrons. The van der Waals surface area contributed by atoms with Gasteiger partial charge in [0, 0.05) is 13.0 Å². The van der Waals surface area contributed by atoms with Crippen LogP contribution in [-0.2, 0) is 9.59 Å². The quantitative estimate of drug-likeness (QED) is 0.276. The zero-order valence-electron chi connectivity index (χ0n) is 11.6. The standard InChI is InChI=1S/C14H16FN3O3/c1-8-6-9(15)7-10-12(8)18(14(21)13(10)20)5-3-2-4-11(19)17-16/h6-7H,2-5,16H2,1H3,(H,17,19). The van der Waals surface area contributed by atoms with Gasteiger partial charge in [-0.15, -0.1) is 0 Å². The third kappa shape index (κ3) is 2.92. The molecule has 2 amide bonds. The lowest BCUT2D eigenvalue weighted by Crippen LogP contribution is -2.32. The van der Waals surface area contributed by atoms with Crippen LogP contribution in [0, 0.1) is 12.7 Å². The summed E-state index contributed by atoms with van der Waals surface area (Å²) < 4.78 is 13.3. The summed E-state index contributed by atoms with van der Waals surface area (Å²) >= 11 is 0. The van der Waals surface area contributed by atoms with Crippen molar-refractivity contribution in [3.8, 4) is 0 Å². The van der Waals surface area contributed by atoms with E-state index in [9.17, 15) is 18.8 Å². The van der Waals surface area contributed by atoms with Crippen LogP contribution in [0.2, 0.25) is 0 Å². The van der Waals surface area contributed by atoms with Gasteiger partial charge < -0.3 is 4.90 Å². The molecule has 7 heteroatoms. The van der Waals surface area contributed by atoms with Gasteiger partial charge in [0.15, 0.2) is 0 Å². The number of hydrazine groups is 1. The molecule has 0 spiro atoms. The largest absolute Gasteiger partial charge is 0.304 e. The van der Waals surface area contributed by atoms with Crippen molar-refractivity contribution in [1.82, 2.24) is 5.43 Å². The van der Waals surface area contributed by atoms with Crippen LogP contribution in [0.3, 0.4) is 0 Å². The number of fused-ring (bicyclic) bond motifs is 1. The molecule has 0 bridgehead atoms. The van der Waals surface area contributed by atoms with Crippen LogP contribution in [-0.4, -0.2) is 24.1 Å². The lowest BCUT2D eigenvalue weighted by atomic mass is 10.1. The predicted molar refractivity (Wildman–Crippen MR) is 74.0 cm³/mol. The van der Waals surface area contributed by atoms with Crippen LogP contribution >= 0.6 is 0 Å². The first-order valence-corrected chi connectivity index (χ1v) is 6.61. The van der Waals surface area contributed by atoms with Crippen LogP contribution in [0.5, 0.6) is 0 Å². The van der Waals surface area contributed by atoms with Crippen molar-refractivity contribution in [2.24, 2.45) is 5.84 Å². The summed E-state index contributed by atoms with van der Waals surface area (Å²) in [6.07, 6.45) is 1.33. The lowest BCUT2D eigenvalue weighted by Gasteiger charge is -2.18. The minimum absolute atomic E-state index is 0.109. The molecule has 2 rings (SSSR count). The topological polar surface area (TPSA) is 92.5 Å². The van der Waals surface area contributed by atoms with E-state index in [0.717, 1.165) is 6.07 Å². The normalized spacial score (nSPS) is 13.6. The minimum atomic E-state index is -0.688. The first kappa shape index (κ1) is 15.1. The van der Waals surface area contributed by atoms with Crippen LogP contribution in [0.25, 0.3) is 0 Å². The average Bonchev–Trinajstić information content (AvgIpc) is 2.68. The molecule has 0 saturated heterocycles. The minimum Gasteiger partial charge on any atom is -0.304 e. The fourth-order valence-electron chi connectivity index (χ4n) is 2.45. The molecule has 3 N–H and O–H groups in total. The molecule has 1 heterocycles. The third-order valence-electron chi connectivity index (χ3n) is 3.42. The zero-order chi connectivity index (χ0) is 15.6. The first-order chi connectivity index (χ1) is 9.95. The van der Waals surface area contributed by atoms with E-state index in [-0.39, 0.29) is 17.9 Å². The SMILES string of the molecule is Cc1cc(F)cc2c1N(CCCCC(=O)NN)C(=O)C2=O. The van der Waals surface area contributed by atoms with E-state index in [1.54, 1.807) is 6.92 Å². The van der Waals surface area contributed by atoms with Gasteiger partial charge >= 0.3 is 0 Å². The second-order valence-corrected chi connectivity index (χ2v) is 4.93. The maximum Gasteiger partial charge on any atom is 0.299 e. The highest BCUT2D eigenvalue weighted by atomic mass is 19.1. The molecule has 0 fully saturated rings. The number of nitrogens with zero attached hydrogens (tertiary/aromatic N) is 1. The Kier molecular flexibility index (Phi) is 4.32. The summed E-state index contributed by atoms with van der Waals surface area (Å²) in [6, 6.07) is 2.38. The van der Waals surface area contributed by atoms with Crippen molar-refractivity contribution in [3.63, 3.8) is 0 Å². The number of benzene rings is 1. The van der Waals surface area contributed by atoms with Crippen molar-refractivity contribution >= 4 is 23.3 Å². The number of halogens is 1. The number of ketones is 1. The maximum absolute atomic E-state index is 13.3. The third-order valence-corrected chi connectivity index (χ3v) is 3.42. The molecule has 0 aliphatic carbocycles. The second-order valence-electron chi connectivity index (χ2n) is 4.93. The Bertz CT molecular complexity index is 616. The van der Waals surface area contributed by atoms with Gasteiger partial charge in [-0.3, -0.25) is 19.8 Å². The number of rotatable bonds is 5. The van der Waals surface area contributed by atoms with Gasteiger partial charge in [0.1, 0.15) is 5.82 Å². The van der Waals surface area contributed by atoms with Crippen molar-refractivity contribution in [3.05, 3.63) is 29.1 Å². The number of carbonyl (C=O) groups is 3. The number of aryl methyl sites for hydroxylation is 1. The van der Waals surface area contributed by atoms with E-state index < -0.39 is 17.5 Å².